The van der Waals surface area contributed by atoms with Crippen LogP contribution in [0, 0.1) is 0 Å². The summed E-state index contributed by atoms with van der Waals surface area (Å²) in [5.74, 6) is 0.268. The van der Waals surface area contributed by atoms with Crippen LogP contribution >= 0.6 is 0 Å². The topological polar surface area (TPSA) is 38.7 Å². The van der Waals surface area contributed by atoms with Crippen LogP contribution in [0.1, 0.15) is 6.92 Å². The Labute approximate surface area is 79.8 Å². The first-order chi connectivity index (χ1) is 6.27. The quantitative estimate of drug-likeness (QED) is 0.716. The van der Waals surface area contributed by atoms with Crippen molar-refractivity contribution < 1.29 is 14.0 Å². The average molecular weight is 198 g/mol. The molecule has 0 radical (unpaired) electrons. The second-order valence-corrected chi connectivity index (χ2v) is 4.75. The van der Waals surface area contributed by atoms with Crippen LogP contribution in [0.3, 0.4) is 0 Å². The van der Waals surface area contributed by atoms with Crippen LogP contribution in [-0.4, -0.2) is 28.1 Å². The van der Waals surface area contributed by atoms with Crippen LogP contribution in [0.4, 0.5) is 0 Å². The van der Waals surface area contributed by atoms with Crippen molar-refractivity contribution in [1.82, 2.24) is 0 Å². The van der Waals surface area contributed by atoms with Crippen LogP contribution in [0.25, 0.3) is 0 Å². The number of rotatable bonds is 4. The Morgan fingerprint density at radius 1 is 1.31 bits per heavy atom. The lowest BCUT2D eigenvalue weighted by Gasteiger charge is -2.12. The van der Waals surface area contributed by atoms with E-state index in [1.807, 2.05) is 19.1 Å². The normalized spacial score (nSPS) is 12.8. The first-order valence-corrected chi connectivity index (χ1v) is 5.73. The average Bonchev–Trinajstić information content (AvgIpc) is 2.16. The maximum Gasteiger partial charge on any atom is 0.355 e. The van der Waals surface area contributed by atoms with Gasteiger partial charge in [-0.1, -0.05) is 12.1 Å². The molecule has 0 fully saturated rings. The van der Waals surface area contributed by atoms with Gasteiger partial charge in [0.05, 0.1) is 0 Å². The zero-order valence-electron chi connectivity index (χ0n) is 7.86. The molecular weight excluding hydrogens is 184 g/mol. The van der Waals surface area contributed by atoms with E-state index in [1.54, 1.807) is 19.2 Å². The molecule has 0 amide bonds. The molecule has 3 nitrogen and oxygen atoms in total. The zero-order valence-corrected chi connectivity index (χ0v) is 9.01. The Bertz CT molecular complexity index is 248. The molecule has 0 aromatic heterocycles. The Kier molecular flexibility index (Phi) is 3.95. The van der Waals surface area contributed by atoms with Crippen molar-refractivity contribution >= 4 is 14.5 Å². The number of hydrogen-bond donors (Lipinski definition) is 1. The number of phenolic OH excluding ortho intramolecular Hbond substituents is 1. The predicted molar refractivity (Wildman–Crippen MR) is 53.5 cm³/mol. The van der Waals surface area contributed by atoms with Gasteiger partial charge in [-0.15, -0.1) is 0 Å². The van der Waals surface area contributed by atoms with E-state index in [9.17, 15) is 0 Å². The molecule has 0 bridgehead atoms. The summed E-state index contributed by atoms with van der Waals surface area (Å²) in [6.07, 6.45) is 0. The summed E-state index contributed by atoms with van der Waals surface area (Å²) in [6, 6.07) is 6.97. The molecule has 4 heteroatoms. The van der Waals surface area contributed by atoms with Gasteiger partial charge in [0.2, 0.25) is 0 Å². The van der Waals surface area contributed by atoms with Crippen LogP contribution < -0.4 is 5.19 Å². The highest BCUT2D eigenvalue weighted by Crippen LogP contribution is 2.04. The standard InChI is InChI=1S/C9H14O3Si/c1-3-12-13(11-2)9-6-4-8(10)5-7-9/h4-7,10,13H,3H2,1-2H3. The predicted octanol–water partition coefficient (Wildman–Crippen LogP) is 0.503. The third-order valence-electron chi connectivity index (χ3n) is 1.70. The summed E-state index contributed by atoms with van der Waals surface area (Å²) in [5, 5.41) is 10.1. The highest BCUT2D eigenvalue weighted by molar-refractivity contribution is 6.61. The molecule has 0 aliphatic carbocycles. The molecule has 0 heterocycles. The summed E-state index contributed by atoms with van der Waals surface area (Å²) in [6.45, 7) is 2.60. The molecule has 0 spiro atoms. The minimum atomic E-state index is -1.70. The van der Waals surface area contributed by atoms with Crippen LogP contribution in [-0.2, 0) is 8.85 Å². The highest BCUT2D eigenvalue weighted by Gasteiger charge is 2.13. The van der Waals surface area contributed by atoms with E-state index in [2.05, 4.69) is 0 Å². The van der Waals surface area contributed by atoms with E-state index in [1.165, 1.54) is 0 Å². The maximum atomic E-state index is 9.07. The molecule has 0 aliphatic heterocycles. The minimum absolute atomic E-state index is 0.268. The van der Waals surface area contributed by atoms with Crippen molar-refractivity contribution in [2.75, 3.05) is 13.7 Å². The molecule has 1 unspecified atom stereocenters. The van der Waals surface area contributed by atoms with Gasteiger partial charge in [-0.05, 0) is 24.2 Å². The monoisotopic (exact) mass is 198 g/mol. The van der Waals surface area contributed by atoms with E-state index in [4.69, 9.17) is 14.0 Å². The maximum absolute atomic E-state index is 9.07. The summed E-state index contributed by atoms with van der Waals surface area (Å²) in [4.78, 5) is 0. The molecule has 1 aromatic rings. The summed E-state index contributed by atoms with van der Waals surface area (Å²) in [7, 11) is -0.0508. The van der Waals surface area contributed by atoms with Gasteiger partial charge in [0.1, 0.15) is 5.75 Å². The fraction of sp³-hybridized carbons (Fsp3) is 0.333. The molecule has 0 saturated carbocycles. The Balaban J connectivity index is 2.73. The van der Waals surface area contributed by atoms with Crippen molar-refractivity contribution in [3.05, 3.63) is 24.3 Å². The number of hydrogen-bond acceptors (Lipinski definition) is 3. The van der Waals surface area contributed by atoms with Crippen LogP contribution in [0.2, 0.25) is 0 Å². The van der Waals surface area contributed by atoms with Crippen molar-refractivity contribution in [3.8, 4) is 5.75 Å². The van der Waals surface area contributed by atoms with E-state index in [-0.39, 0.29) is 5.75 Å². The molecular formula is C9H14O3Si. The second kappa shape index (κ2) is 5.01. The smallest absolute Gasteiger partial charge is 0.355 e. The molecule has 0 aliphatic rings. The van der Waals surface area contributed by atoms with Crippen LogP contribution in [0.15, 0.2) is 24.3 Å². The minimum Gasteiger partial charge on any atom is -0.508 e. The lowest BCUT2D eigenvalue weighted by atomic mass is 10.3. The number of aromatic hydroxyl groups is 1. The van der Waals surface area contributed by atoms with E-state index in [0.29, 0.717) is 6.61 Å². The fourth-order valence-corrected chi connectivity index (χ4v) is 2.49. The molecule has 1 atom stereocenters. The summed E-state index contributed by atoms with van der Waals surface area (Å²) >= 11 is 0. The second-order valence-electron chi connectivity index (χ2n) is 2.61. The van der Waals surface area contributed by atoms with Gasteiger partial charge in [0.15, 0.2) is 0 Å². The van der Waals surface area contributed by atoms with Gasteiger partial charge in [-0.2, -0.15) is 0 Å². The van der Waals surface area contributed by atoms with Crippen molar-refractivity contribution in [2.24, 2.45) is 0 Å². The first-order valence-electron chi connectivity index (χ1n) is 4.21. The third-order valence-corrected chi connectivity index (χ3v) is 3.69. The molecule has 72 valence electrons. The number of benzene rings is 1. The number of phenols is 1. The summed E-state index contributed by atoms with van der Waals surface area (Å²) < 4.78 is 10.7. The van der Waals surface area contributed by atoms with Gasteiger partial charge < -0.3 is 14.0 Å². The first kappa shape index (κ1) is 10.2. The molecule has 1 N–H and O–H groups in total. The van der Waals surface area contributed by atoms with Crippen molar-refractivity contribution in [3.63, 3.8) is 0 Å². The van der Waals surface area contributed by atoms with E-state index in [0.717, 1.165) is 5.19 Å². The lowest BCUT2D eigenvalue weighted by molar-refractivity contribution is 0.253. The Morgan fingerprint density at radius 2 is 1.92 bits per heavy atom. The molecule has 1 aromatic carbocycles. The van der Waals surface area contributed by atoms with Crippen molar-refractivity contribution in [1.29, 1.82) is 0 Å². The van der Waals surface area contributed by atoms with Crippen LogP contribution in [0.5, 0.6) is 5.75 Å². The van der Waals surface area contributed by atoms with Gasteiger partial charge in [0, 0.05) is 13.7 Å². The van der Waals surface area contributed by atoms with Gasteiger partial charge in [-0.3, -0.25) is 0 Å². The lowest BCUT2D eigenvalue weighted by Crippen LogP contribution is -2.35. The third kappa shape index (κ3) is 2.84. The highest BCUT2D eigenvalue weighted by atomic mass is 28.3. The molecule has 1 rings (SSSR count). The Hall–Kier alpha value is -0.843. The fourth-order valence-electron chi connectivity index (χ4n) is 1.08. The van der Waals surface area contributed by atoms with E-state index >= 15 is 0 Å². The Morgan fingerprint density at radius 3 is 2.38 bits per heavy atom. The molecule has 0 saturated heterocycles. The zero-order chi connectivity index (χ0) is 9.68. The summed E-state index contributed by atoms with van der Waals surface area (Å²) in [5.41, 5.74) is 0. The molecule has 13 heavy (non-hydrogen) atoms. The van der Waals surface area contributed by atoms with Gasteiger partial charge in [-0.25, -0.2) is 0 Å². The van der Waals surface area contributed by atoms with Gasteiger partial charge >= 0.3 is 9.28 Å². The largest absolute Gasteiger partial charge is 0.508 e. The van der Waals surface area contributed by atoms with E-state index < -0.39 is 9.28 Å². The van der Waals surface area contributed by atoms with Gasteiger partial charge in [0.25, 0.3) is 0 Å². The SMILES string of the molecule is CCO[SiH](OC)c1ccc(O)cc1. The van der Waals surface area contributed by atoms with Crippen molar-refractivity contribution in [2.45, 2.75) is 6.92 Å².